The molecule has 0 unspecified atom stereocenters. The van der Waals surface area contributed by atoms with E-state index < -0.39 is 5.91 Å². The molecule has 0 aliphatic rings. The molecule has 6 nitrogen and oxygen atoms in total. The lowest BCUT2D eigenvalue weighted by atomic mass is 10.2. The van der Waals surface area contributed by atoms with Gasteiger partial charge in [-0.25, -0.2) is 5.84 Å². The molecule has 1 heterocycles. The number of ether oxygens (including phenoxy) is 2. The fourth-order valence-electron chi connectivity index (χ4n) is 1.55. The lowest BCUT2D eigenvalue weighted by Crippen LogP contribution is -2.30. The second kappa shape index (κ2) is 5.92. The number of nitrogens with two attached hydrogens (primary N) is 1. The van der Waals surface area contributed by atoms with E-state index >= 15 is 0 Å². The summed E-state index contributed by atoms with van der Waals surface area (Å²) < 4.78 is 15.6. The fourth-order valence-corrected chi connectivity index (χ4v) is 1.55. The molecule has 1 amide bonds. The summed E-state index contributed by atoms with van der Waals surface area (Å²) in [5.74, 6) is 6.14. The Morgan fingerprint density at radius 2 is 1.95 bits per heavy atom. The molecule has 0 aliphatic heterocycles. The predicted octanol–water partition coefficient (Wildman–Crippen LogP) is 1.47. The number of hydrogen-bond acceptors (Lipinski definition) is 5. The van der Waals surface area contributed by atoms with Crippen LogP contribution < -0.4 is 20.7 Å². The quantitative estimate of drug-likeness (QED) is 0.484. The lowest BCUT2D eigenvalue weighted by Gasteiger charge is -2.06. The number of amides is 1. The molecule has 100 valence electrons. The van der Waals surface area contributed by atoms with Gasteiger partial charge in [0.25, 0.3) is 0 Å². The highest BCUT2D eigenvalue weighted by molar-refractivity contribution is 5.92. The number of methoxy groups -OCH3 is 1. The normalized spacial score (nSPS) is 10.0. The molecular formula is C13H14N2O4. The summed E-state index contributed by atoms with van der Waals surface area (Å²) in [5.41, 5.74) is 2.64. The number of rotatable bonds is 5. The Morgan fingerprint density at radius 1 is 1.26 bits per heavy atom. The average Bonchev–Trinajstić information content (AvgIpc) is 2.93. The number of nitrogens with one attached hydrogen (secondary N) is 1. The first-order chi connectivity index (χ1) is 9.24. The van der Waals surface area contributed by atoms with Crippen molar-refractivity contribution in [1.29, 1.82) is 0 Å². The fraction of sp³-hybridized carbons (Fsp3) is 0.154. The molecule has 0 fully saturated rings. The lowest BCUT2D eigenvalue weighted by molar-refractivity contribution is 0.0922. The van der Waals surface area contributed by atoms with E-state index in [0.717, 1.165) is 5.75 Å². The topological polar surface area (TPSA) is 86.7 Å². The molecule has 0 saturated heterocycles. The second-order valence-electron chi connectivity index (χ2n) is 3.71. The van der Waals surface area contributed by atoms with Crippen molar-refractivity contribution in [2.45, 2.75) is 6.61 Å². The molecule has 0 aliphatic carbocycles. The Hall–Kier alpha value is -2.47. The van der Waals surface area contributed by atoms with Gasteiger partial charge < -0.3 is 13.9 Å². The van der Waals surface area contributed by atoms with Gasteiger partial charge in [-0.15, -0.1) is 0 Å². The maximum atomic E-state index is 11.4. The first-order valence-electron chi connectivity index (χ1n) is 5.58. The van der Waals surface area contributed by atoms with E-state index in [-0.39, 0.29) is 12.4 Å². The summed E-state index contributed by atoms with van der Waals surface area (Å²) in [6.07, 6.45) is 1.41. The highest BCUT2D eigenvalue weighted by atomic mass is 16.5. The number of nitrogen functional groups attached to an aromatic ring is 1. The van der Waals surface area contributed by atoms with Crippen LogP contribution in [0.1, 0.15) is 16.1 Å². The molecular weight excluding hydrogens is 248 g/mol. The molecule has 0 radical (unpaired) electrons. The van der Waals surface area contributed by atoms with Gasteiger partial charge in [0.05, 0.1) is 13.4 Å². The zero-order valence-electron chi connectivity index (χ0n) is 10.4. The molecule has 0 bridgehead atoms. The van der Waals surface area contributed by atoms with E-state index in [1.54, 1.807) is 37.4 Å². The maximum absolute atomic E-state index is 11.4. The zero-order valence-corrected chi connectivity index (χ0v) is 10.4. The van der Waals surface area contributed by atoms with Crippen LogP contribution in [-0.4, -0.2) is 13.0 Å². The molecule has 0 spiro atoms. The molecule has 1 aromatic heterocycles. The van der Waals surface area contributed by atoms with Crippen LogP contribution in [0.4, 0.5) is 0 Å². The van der Waals surface area contributed by atoms with Gasteiger partial charge in [0, 0.05) is 5.56 Å². The third-order valence-corrected chi connectivity index (χ3v) is 2.54. The van der Waals surface area contributed by atoms with Crippen molar-refractivity contribution < 1.29 is 18.7 Å². The summed E-state index contributed by atoms with van der Waals surface area (Å²) in [5, 5.41) is 0. The number of carbonyl (C=O) groups is 1. The van der Waals surface area contributed by atoms with Crippen molar-refractivity contribution in [2.24, 2.45) is 5.84 Å². The van der Waals surface area contributed by atoms with Crippen molar-refractivity contribution >= 4 is 5.91 Å². The van der Waals surface area contributed by atoms with Gasteiger partial charge in [0.2, 0.25) is 0 Å². The predicted molar refractivity (Wildman–Crippen MR) is 67.7 cm³/mol. The van der Waals surface area contributed by atoms with Crippen molar-refractivity contribution in [3.8, 4) is 11.5 Å². The van der Waals surface area contributed by atoms with Gasteiger partial charge >= 0.3 is 5.91 Å². The van der Waals surface area contributed by atoms with Crippen LogP contribution in [0.5, 0.6) is 11.5 Å². The minimum Gasteiger partial charge on any atom is -0.497 e. The minimum atomic E-state index is -0.488. The SMILES string of the molecule is COc1ccc(OCc2ccoc2C(=O)NN)cc1. The minimum absolute atomic E-state index is 0.149. The van der Waals surface area contributed by atoms with E-state index in [0.29, 0.717) is 11.3 Å². The van der Waals surface area contributed by atoms with Crippen molar-refractivity contribution in [2.75, 3.05) is 7.11 Å². The van der Waals surface area contributed by atoms with Gasteiger partial charge in [-0.1, -0.05) is 0 Å². The van der Waals surface area contributed by atoms with E-state index in [9.17, 15) is 4.79 Å². The highest BCUT2D eigenvalue weighted by Crippen LogP contribution is 2.19. The van der Waals surface area contributed by atoms with Crippen LogP contribution in [0, 0.1) is 0 Å². The molecule has 0 atom stereocenters. The number of carbonyl (C=O) groups excluding carboxylic acids is 1. The standard InChI is InChI=1S/C13H14N2O4/c1-17-10-2-4-11(5-3-10)19-8-9-6-7-18-12(9)13(16)15-14/h2-7H,8,14H2,1H3,(H,15,16). The summed E-state index contributed by atoms with van der Waals surface area (Å²) in [6, 6.07) is 8.80. The molecule has 2 rings (SSSR count). The first kappa shape index (κ1) is 13.0. The van der Waals surface area contributed by atoms with Gasteiger partial charge in [-0.05, 0) is 30.3 Å². The van der Waals surface area contributed by atoms with E-state index in [1.807, 2.05) is 5.43 Å². The van der Waals surface area contributed by atoms with Crippen molar-refractivity contribution in [1.82, 2.24) is 5.43 Å². The van der Waals surface area contributed by atoms with Gasteiger partial charge in [0.1, 0.15) is 18.1 Å². The molecule has 6 heteroatoms. The maximum Gasteiger partial charge on any atom is 0.301 e. The summed E-state index contributed by atoms with van der Waals surface area (Å²) in [7, 11) is 1.60. The first-order valence-corrected chi connectivity index (χ1v) is 5.58. The Balaban J connectivity index is 2.02. The van der Waals surface area contributed by atoms with Crippen LogP contribution in [-0.2, 0) is 6.61 Å². The Bertz CT molecular complexity index is 548. The van der Waals surface area contributed by atoms with Crippen LogP contribution in [0.15, 0.2) is 41.0 Å². The van der Waals surface area contributed by atoms with Crippen LogP contribution in [0.3, 0.4) is 0 Å². The molecule has 3 N–H and O–H groups in total. The zero-order chi connectivity index (χ0) is 13.7. The largest absolute Gasteiger partial charge is 0.497 e. The van der Waals surface area contributed by atoms with E-state index in [1.165, 1.54) is 6.26 Å². The number of benzene rings is 1. The molecule has 0 saturated carbocycles. The molecule has 1 aromatic carbocycles. The van der Waals surface area contributed by atoms with Crippen molar-refractivity contribution in [3.05, 3.63) is 47.9 Å². The molecule has 2 aromatic rings. The molecule has 19 heavy (non-hydrogen) atoms. The summed E-state index contributed by atoms with van der Waals surface area (Å²) in [6.45, 7) is 0.214. The Labute approximate surface area is 110 Å². The second-order valence-corrected chi connectivity index (χ2v) is 3.71. The van der Waals surface area contributed by atoms with E-state index in [2.05, 4.69) is 0 Å². The third kappa shape index (κ3) is 3.05. The van der Waals surface area contributed by atoms with Gasteiger partial charge in [-0.3, -0.25) is 10.2 Å². The van der Waals surface area contributed by atoms with Gasteiger partial charge in [-0.2, -0.15) is 0 Å². The average molecular weight is 262 g/mol. The van der Waals surface area contributed by atoms with Crippen LogP contribution in [0.2, 0.25) is 0 Å². The Kier molecular flexibility index (Phi) is 4.04. The Morgan fingerprint density at radius 3 is 2.58 bits per heavy atom. The highest BCUT2D eigenvalue weighted by Gasteiger charge is 2.14. The van der Waals surface area contributed by atoms with E-state index in [4.69, 9.17) is 19.7 Å². The third-order valence-electron chi connectivity index (χ3n) is 2.54. The summed E-state index contributed by atoms with van der Waals surface area (Å²) >= 11 is 0. The number of hydrogen-bond donors (Lipinski definition) is 2. The van der Waals surface area contributed by atoms with Crippen LogP contribution >= 0.6 is 0 Å². The van der Waals surface area contributed by atoms with Gasteiger partial charge in [0.15, 0.2) is 5.76 Å². The monoisotopic (exact) mass is 262 g/mol. The summed E-state index contributed by atoms with van der Waals surface area (Å²) in [4.78, 5) is 11.4. The van der Waals surface area contributed by atoms with Crippen molar-refractivity contribution in [3.63, 3.8) is 0 Å². The number of furan rings is 1. The number of hydrazine groups is 1. The van der Waals surface area contributed by atoms with Crippen LogP contribution in [0.25, 0.3) is 0 Å². The smallest absolute Gasteiger partial charge is 0.301 e.